The van der Waals surface area contributed by atoms with Gasteiger partial charge < -0.3 is 29.3 Å². The van der Waals surface area contributed by atoms with Gasteiger partial charge in [-0.05, 0) is 56.9 Å². The molecule has 1 amide bonds. The number of likely N-dealkylation sites (tertiary alicyclic amines) is 1. The maximum Gasteiger partial charge on any atom is 0.295 e. The van der Waals surface area contributed by atoms with E-state index in [1.165, 1.54) is 4.90 Å². The summed E-state index contributed by atoms with van der Waals surface area (Å²) in [6.07, 6.45) is 0. The summed E-state index contributed by atoms with van der Waals surface area (Å²) in [7, 11) is 5.77. The highest BCUT2D eigenvalue weighted by molar-refractivity contribution is 6.46. The van der Waals surface area contributed by atoms with Gasteiger partial charge in [0.15, 0.2) is 0 Å². The molecule has 2 aromatic rings. The fourth-order valence-corrected chi connectivity index (χ4v) is 4.33. The molecule has 4 rings (SSSR count). The van der Waals surface area contributed by atoms with Crippen LogP contribution in [0.2, 0.25) is 0 Å². The Morgan fingerprint density at radius 2 is 1.91 bits per heavy atom. The standard InChI is InChI=1S/C26H31N3O5/c1-5-33-19-9-6-17(7-10-19)23-22(25(31)26(32)29(23)13-12-27(2)3)24(30)18-8-11-21-20(16-18)28(4)14-15-34-21/h6-11,16,23,30H,5,12-15H2,1-4H3/b24-22-. The lowest BCUT2D eigenvalue weighted by molar-refractivity contribution is -0.140. The number of Topliss-reactive ketones (excluding diaryl/α,β-unsaturated/α-hetero) is 1. The van der Waals surface area contributed by atoms with E-state index in [4.69, 9.17) is 9.47 Å². The van der Waals surface area contributed by atoms with Crippen molar-refractivity contribution < 1.29 is 24.2 Å². The van der Waals surface area contributed by atoms with Gasteiger partial charge in [0.25, 0.3) is 11.7 Å². The highest BCUT2D eigenvalue weighted by Crippen LogP contribution is 2.41. The minimum Gasteiger partial charge on any atom is -0.507 e. The molecule has 0 spiro atoms. The van der Waals surface area contributed by atoms with E-state index in [-0.39, 0.29) is 11.3 Å². The fraction of sp³-hybridized carbons (Fsp3) is 0.385. The van der Waals surface area contributed by atoms with E-state index in [9.17, 15) is 14.7 Å². The molecule has 1 atom stereocenters. The summed E-state index contributed by atoms with van der Waals surface area (Å²) in [4.78, 5) is 31.8. The molecule has 34 heavy (non-hydrogen) atoms. The summed E-state index contributed by atoms with van der Waals surface area (Å²) in [5, 5.41) is 11.3. The molecule has 2 aromatic carbocycles. The van der Waals surface area contributed by atoms with Gasteiger partial charge in [-0.25, -0.2) is 0 Å². The van der Waals surface area contributed by atoms with Crippen molar-refractivity contribution in [1.82, 2.24) is 9.80 Å². The van der Waals surface area contributed by atoms with Gasteiger partial charge in [0, 0.05) is 25.7 Å². The number of ether oxygens (including phenoxy) is 2. The van der Waals surface area contributed by atoms with Crippen LogP contribution in [0.3, 0.4) is 0 Å². The molecule has 1 saturated heterocycles. The van der Waals surface area contributed by atoms with Crippen LogP contribution in [-0.2, 0) is 9.59 Å². The van der Waals surface area contributed by atoms with Gasteiger partial charge in [-0.3, -0.25) is 9.59 Å². The Balaban J connectivity index is 1.80. The second-order valence-electron chi connectivity index (χ2n) is 8.75. The zero-order valence-electron chi connectivity index (χ0n) is 20.1. The summed E-state index contributed by atoms with van der Waals surface area (Å²) in [6.45, 7) is 4.69. The second-order valence-corrected chi connectivity index (χ2v) is 8.75. The molecule has 1 N–H and O–H groups in total. The van der Waals surface area contributed by atoms with Crippen molar-refractivity contribution in [2.45, 2.75) is 13.0 Å². The van der Waals surface area contributed by atoms with Gasteiger partial charge in [-0.2, -0.15) is 0 Å². The van der Waals surface area contributed by atoms with Crippen LogP contribution in [-0.4, -0.2) is 80.6 Å². The Labute approximate surface area is 200 Å². The molecule has 1 unspecified atom stereocenters. The number of ketones is 1. The second kappa shape index (κ2) is 9.77. The number of aliphatic hydroxyl groups excluding tert-OH is 1. The number of anilines is 1. The van der Waals surface area contributed by atoms with Crippen LogP contribution in [0.25, 0.3) is 5.76 Å². The number of likely N-dealkylation sites (N-methyl/N-ethyl adjacent to an activating group) is 2. The first-order valence-corrected chi connectivity index (χ1v) is 11.5. The number of aliphatic hydroxyl groups is 1. The Hall–Kier alpha value is -3.52. The third-order valence-electron chi connectivity index (χ3n) is 6.16. The van der Waals surface area contributed by atoms with Crippen LogP contribution in [0.1, 0.15) is 24.1 Å². The SMILES string of the molecule is CCOc1ccc(C2/C(=C(/O)c3ccc4c(c3)N(C)CCO4)C(=O)C(=O)N2CCN(C)C)cc1. The Morgan fingerprint density at radius 1 is 1.18 bits per heavy atom. The quantitative estimate of drug-likeness (QED) is 0.383. The largest absolute Gasteiger partial charge is 0.507 e. The molecule has 0 radical (unpaired) electrons. The van der Waals surface area contributed by atoms with E-state index in [1.807, 2.05) is 62.1 Å². The lowest BCUT2D eigenvalue weighted by Gasteiger charge is -2.28. The van der Waals surface area contributed by atoms with Crippen molar-refractivity contribution in [1.29, 1.82) is 0 Å². The smallest absolute Gasteiger partial charge is 0.295 e. The summed E-state index contributed by atoms with van der Waals surface area (Å²) in [5.41, 5.74) is 2.13. The van der Waals surface area contributed by atoms with Gasteiger partial charge in [0.1, 0.15) is 23.9 Å². The molecule has 2 heterocycles. The minimum absolute atomic E-state index is 0.0900. The van der Waals surface area contributed by atoms with Crippen molar-refractivity contribution in [3.05, 3.63) is 59.2 Å². The zero-order chi connectivity index (χ0) is 24.4. The number of benzene rings is 2. The number of nitrogens with zero attached hydrogens (tertiary/aromatic N) is 3. The fourth-order valence-electron chi connectivity index (χ4n) is 4.33. The van der Waals surface area contributed by atoms with Gasteiger partial charge in [0.05, 0.1) is 30.5 Å². The maximum absolute atomic E-state index is 13.2. The van der Waals surface area contributed by atoms with E-state index in [1.54, 1.807) is 18.2 Å². The van der Waals surface area contributed by atoms with E-state index in [0.29, 0.717) is 37.6 Å². The van der Waals surface area contributed by atoms with Crippen LogP contribution in [0.4, 0.5) is 5.69 Å². The van der Waals surface area contributed by atoms with Crippen LogP contribution < -0.4 is 14.4 Å². The number of rotatable bonds is 7. The van der Waals surface area contributed by atoms with Gasteiger partial charge in [0.2, 0.25) is 0 Å². The zero-order valence-corrected chi connectivity index (χ0v) is 20.1. The van der Waals surface area contributed by atoms with Gasteiger partial charge >= 0.3 is 0 Å². The number of fused-ring (bicyclic) bond motifs is 1. The highest BCUT2D eigenvalue weighted by atomic mass is 16.5. The molecule has 2 aliphatic rings. The average molecular weight is 466 g/mol. The molecule has 1 fully saturated rings. The molecule has 0 aliphatic carbocycles. The predicted octanol–water partition coefficient (Wildman–Crippen LogP) is 2.90. The third kappa shape index (κ3) is 4.46. The summed E-state index contributed by atoms with van der Waals surface area (Å²) >= 11 is 0. The van der Waals surface area contributed by atoms with Crippen molar-refractivity contribution >= 4 is 23.1 Å². The number of carbonyl (C=O) groups excluding carboxylic acids is 2. The Bertz CT molecular complexity index is 1110. The minimum atomic E-state index is -0.694. The monoisotopic (exact) mass is 465 g/mol. The summed E-state index contributed by atoms with van der Waals surface area (Å²) in [6, 6.07) is 11.9. The van der Waals surface area contributed by atoms with Crippen molar-refractivity contribution in [3.8, 4) is 11.5 Å². The van der Waals surface area contributed by atoms with E-state index < -0.39 is 17.7 Å². The number of carbonyl (C=O) groups is 2. The third-order valence-corrected chi connectivity index (χ3v) is 6.16. The molecule has 0 saturated carbocycles. The van der Waals surface area contributed by atoms with Crippen molar-refractivity contribution in [3.63, 3.8) is 0 Å². The predicted molar refractivity (Wildman–Crippen MR) is 130 cm³/mol. The van der Waals surface area contributed by atoms with E-state index in [0.717, 1.165) is 23.5 Å². The van der Waals surface area contributed by atoms with Crippen LogP contribution in [0, 0.1) is 0 Å². The maximum atomic E-state index is 13.2. The van der Waals surface area contributed by atoms with Crippen LogP contribution in [0.5, 0.6) is 11.5 Å². The Morgan fingerprint density at radius 3 is 2.59 bits per heavy atom. The molecule has 180 valence electrons. The molecule has 0 aromatic heterocycles. The highest BCUT2D eigenvalue weighted by Gasteiger charge is 2.46. The first kappa shape index (κ1) is 23.6. The van der Waals surface area contributed by atoms with Crippen LogP contribution >= 0.6 is 0 Å². The molecule has 0 bridgehead atoms. The van der Waals surface area contributed by atoms with Crippen molar-refractivity contribution in [2.75, 3.05) is 58.9 Å². The average Bonchev–Trinajstić information content (AvgIpc) is 3.08. The number of amides is 1. The molecule has 8 nitrogen and oxygen atoms in total. The first-order chi connectivity index (χ1) is 16.3. The number of hydrogen-bond donors (Lipinski definition) is 1. The lowest BCUT2D eigenvalue weighted by Crippen LogP contribution is -2.35. The molecular formula is C26H31N3O5. The number of hydrogen-bond acceptors (Lipinski definition) is 7. The topological polar surface area (TPSA) is 82.5 Å². The van der Waals surface area contributed by atoms with Gasteiger partial charge in [-0.1, -0.05) is 12.1 Å². The molecule has 8 heteroatoms. The summed E-state index contributed by atoms with van der Waals surface area (Å²) < 4.78 is 11.2. The van der Waals surface area contributed by atoms with Crippen LogP contribution in [0.15, 0.2) is 48.0 Å². The van der Waals surface area contributed by atoms with E-state index >= 15 is 0 Å². The van der Waals surface area contributed by atoms with E-state index in [2.05, 4.69) is 0 Å². The molecule has 2 aliphatic heterocycles. The first-order valence-electron chi connectivity index (χ1n) is 11.5. The van der Waals surface area contributed by atoms with Crippen molar-refractivity contribution in [2.24, 2.45) is 0 Å². The Kier molecular flexibility index (Phi) is 6.79. The lowest BCUT2D eigenvalue weighted by atomic mass is 9.95. The normalized spacial score (nSPS) is 19.4. The van der Waals surface area contributed by atoms with Gasteiger partial charge in [-0.15, -0.1) is 0 Å². The summed E-state index contributed by atoms with van der Waals surface area (Å²) in [5.74, 6) is -0.0569. The molecular weight excluding hydrogens is 434 g/mol.